The molecule has 0 aromatic heterocycles. The number of nitriles is 1. The van der Waals surface area contributed by atoms with Crippen molar-refractivity contribution in [2.24, 2.45) is 5.92 Å². The van der Waals surface area contributed by atoms with E-state index in [1.165, 1.54) is 0 Å². The number of hydrogen-bond donors (Lipinski definition) is 1. The maximum Gasteiger partial charge on any atom is 0.259 e. The summed E-state index contributed by atoms with van der Waals surface area (Å²) in [5.74, 6) is 0.812. The van der Waals surface area contributed by atoms with Crippen LogP contribution < -0.4 is 10.1 Å². The van der Waals surface area contributed by atoms with Crippen LogP contribution in [0.1, 0.15) is 36.2 Å². The normalized spacial score (nSPS) is 10.2. The highest BCUT2D eigenvalue weighted by atomic mass is 16.5. The van der Waals surface area contributed by atoms with Crippen molar-refractivity contribution in [3.63, 3.8) is 0 Å². The highest BCUT2D eigenvalue weighted by Crippen LogP contribution is 2.21. The molecular formula is C19H20N2O2. The van der Waals surface area contributed by atoms with Gasteiger partial charge in [0, 0.05) is 0 Å². The lowest BCUT2D eigenvalue weighted by Crippen LogP contribution is -2.15. The van der Waals surface area contributed by atoms with Crippen molar-refractivity contribution in [3.8, 4) is 11.8 Å². The summed E-state index contributed by atoms with van der Waals surface area (Å²) in [5.41, 5.74) is 1.39. The molecule has 2 rings (SSSR count). The number of anilines is 1. The first kappa shape index (κ1) is 16.6. The third kappa shape index (κ3) is 4.58. The minimum absolute atomic E-state index is 0.284. The highest BCUT2D eigenvalue weighted by molar-refractivity contribution is 6.06. The van der Waals surface area contributed by atoms with Gasteiger partial charge in [0.15, 0.2) is 0 Å². The SMILES string of the molecule is CC(C)CCOc1ccccc1C(=O)Nc1ccccc1C#N. The fraction of sp³-hybridized carbons (Fsp3) is 0.263. The summed E-state index contributed by atoms with van der Waals surface area (Å²) in [7, 11) is 0. The van der Waals surface area contributed by atoms with E-state index in [-0.39, 0.29) is 5.91 Å². The lowest BCUT2D eigenvalue weighted by Gasteiger charge is -2.13. The second-order valence-corrected chi connectivity index (χ2v) is 5.64. The number of carbonyl (C=O) groups excluding carboxylic acids is 1. The maximum atomic E-state index is 12.5. The number of benzene rings is 2. The van der Waals surface area contributed by atoms with Crippen molar-refractivity contribution in [1.82, 2.24) is 0 Å². The van der Waals surface area contributed by atoms with Crippen LogP contribution in [0.15, 0.2) is 48.5 Å². The number of para-hydroxylation sites is 2. The Morgan fingerprint density at radius 3 is 2.61 bits per heavy atom. The molecule has 0 aliphatic carbocycles. The zero-order valence-electron chi connectivity index (χ0n) is 13.4. The van der Waals surface area contributed by atoms with Crippen LogP contribution in [0.4, 0.5) is 5.69 Å². The predicted molar refractivity (Wildman–Crippen MR) is 90.5 cm³/mol. The molecule has 0 spiro atoms. The van der Waals surface area contributed by atoms with Gasteiger partial charge < -0.3 is 10.1 Å². The summed E-state index contributed by atoms with van der Waals surface area (Å²) in [5, 5.41) is 11.9. The predicted octanol–water partition coefficient (Wildman–Crippen LogP) is 4.24. The Balaban J connectivity index is 2.15. The largest absolute Gasteiger partial charge is 0.493 e. The lowest BCUT2D eigenvalue weighted by molar-refractivity contribution is 0.102. The van der Waals surface area contributed by atoms with E-state index in [2.05, 4.69) is 25.2 Å². The summed E-state index contributed by atoms with van der Waals surface area (Å²) in [6.07, 6.45) is 0.924. The van der Waals surface area contributed by atoms with Crippen molar-refractivity contribution < 1.29 is 9.53 Å². The molecule has 2 aromatic rings. The van der Waals surface area contributed by atoms with Crippen LogP contribution in [0.5, 0.6) is 5.75 Å². The number of nitrogens with zero attached hydrogens (tertiary/aromatic N) is 1. The molecule has 0 radical (unpaired) electrons. The number of ether oxygens (including phenoxy) is 1. The van der Waals surface area contributed by atoms with Crippen LogP contribution in [0.25, 0.3) is 0 Å². The van der Waals surface area contributed by atoms with Gasteiger partial charge in [-0.1, -0.05) is 38.1 Å². The van der Waals surface area contributed by atoms with Crippen LogP contribution in [-0.4, -0.2) is 12.5 Å². The van der Waals surface area contributed by atoms with E-state index in [1.807, 2.05) is 6.07 Å². The van der Waals surface area contributed by atoms with Crippen molar-refractivity contribution in [3.05, 3.63) is 59.7 Å². The molecule has 0 aliphatic heterocycles. The molecule has 1 N–H and O–H groups in total. The van der Waals surface area contributed by atoms with Gasteiger partial charge in [0.05, 0.1) is 23.4 Å². The van der Waals surface area contributed by atoms with Crippen LogP contribution in [0.2, 0.25) is 0 Å². The Hall–Kier alpha value is -2.80. The molecule has 2 aromatic carbocycles. The number of amides is 1. The van der Waals surface area contributed by atoms with E-state index in [1.54, 1.807) is 42.5 Å². The van der Waals surface area contributed by atoms with E-state index >= 15 is 0 Å². The smallest absolute Gasteiger partial charge is 0.259 e. The molecular weight excluding hydrogens is 288 g/mol. The van der Waals surface area contributed by atoms with Crippen LogP contribution >= 0.6 is 0 Å². The van der Waals surface area contributed by atoms with E-state index in [0.717, 1.165) is 6.42 Å². The highest BCUT2D eigenvalue weighted by Gasteiger charge is 2.14. The van der Waals surface area contributed by atoms with E-state index in [9.17, 15) is 4.79 Å². The minimum Gasteiger partial charge on any atom is -0.493 e. The zero-order valence-corrected chi connectivity index (χ0v) is 13.4. The van der Waals surface area contributed by atoms with Gasteiger partial charge >= 0.3 is 0 Å². The van der Waals surface area contributed by atoms with Crippen LogP contribution in [0, 0.1) is 17.2 Å². The number of rotatable bonds is 6. The molecule has 0 saturated heterocycles. The van der Waals surface area contributed by atoms with Gasteiger partial charge in [0.2, 0.25) is 0 Å². The molecule has 0 atom stereocenters. The summed E-state index contributed by atoms with van der Waals surface area (Å²) in [6.45, 7) is 4.82. The zero-order chi connectivity index (χ0) is 16.7. The topological polar surface area (TPSA) is 62.1 Å². The second kappa shape index (κ2) is 8.00. The quantitative estimate of drug-likeness (QED) is 0.868. The molecule has 0 heterocycles. The Morgan fingerprint density at radius 1 is 1.17 bits per heavy atom. The molecule has 0 unspecified atom stereocenters. The number of hydrogen-bond acceptors (Lipinski definition) is 3. The first-order chi connectivity index (χ1) is 11.1. The van der Waals surface area contributed by atoms with Gasteiger partial charge in [-0.15, -0.1) is 0 Å². The molecule has 23 heavy (non-hydrogen) atoms. The third-order valence-electron chi connectivity index (χ3n) is 3.38. The molecule has 0 aliphatic rings. The van der Waals surface area contributed by atoms with Gasteiger partial charge in [0.25, 0.3) is 5.91 Å². The molecule has 0 saturated carbocycles. The van der Waals surface area contributed by atoms with Crippen molar-refractivity contribution in [2.45, 2.75) is 20.3 Å². The average molecular weight is 308 g/mol. The van der Waals surface area contributed by atoms with Crippen LogP contribution in [-0.2, 0) is 0 Å². The number of carbonyl (C=O) groups is 1. The Bertz CT molecular complexity index is 717. The first-order valence-electron chi connectivity index (χ1n) is 7.64. The maximum absolute atomic E-state index is 12.5. The standard InChI is InChI=1S/C19H20N2O2/c1-14(2)11-12-23-18-10-6-4-8-16(18)19(22)21-17-9-5-3-7-15(17)13-20/h3-10,14H,11-12H2,1-2H3,(H,21,22). The molecule has 0 fully saturated rings. The number of nitrogens with one attached hydrogen (secondary N) is 1. The van der Waals surface area contributed by atoms with Gasteiger partial charge in [-0.25, -0.2) is 0 Å². The summed E-state index contributed by atoms with van der Waals surface area (Å²) >= 11 is 0. The summed E-state index contributed by atoms with van der Waals surface area (Å²) in [6, 6.07) is 16.1. The summed E-state index contributed by atoms with van der Waals surface area (Å²) in [4.78, 5) is 12.5. The van der Waals surface area contributed by atoms with Gasteiger partial charge in [-0.2, -0.15) is 5.26 Å². The monoisotopic (exact) mass is 308 g/mol. The van der Waals surface area contributed by atoms with Gasteiger partial charge in [-0.05, 0) is 36.6 Å². The third-order valence-corrected chi connectivity index (χ3v) is 3.38. The van der Waals surface area contributed by atoms with E-state index in [0.29, 0.717) is 35.1 Å². The van der Waals surface area contributed by atoms with Crippen molar-refractivity contribution in [1.29, 1.82) is 5.26 Å². The molecule has 4 nitrogen and oxygen atoms in total. The molecule has 4 heteroatoms. The fourth-order valence-electron chi connectivity index (χ4n) is 2.06. The average Bonchev–Trinajstić information content (AvgIpc) is 2.55. The molecule has 118 valence electrons. The second-order valence-electron chi connectivity index (χ2n) is 5.64. The Kier molecular flexibility index (Phi) is 5.76. The lowest BCUT2D eigenvalue weighted by atomic mass is 10.1. The van der Waals surface area contributed by atoms with Crippen LogP contribution in [0.3, 0.4) is 0 Å². The van der Waals surface area contributed by atoms with E-state index in [4.69, 9.17) is 10.00 Å². The minimum atomic E-state index is -0.284. The fourth-order valence-corrected chi connectivity index (χ4v) is 2.06. The molecule has 0 bridgehead atoms. The van der Waals surface area contributed by atoms with Crippen molar-refractivity contribution >= 4 is 11.6 Å². The summed E-state index contributed by atoms with van der Waals surface area (Å²) < 4.78 is 5.74. The van der Waals surface area contributed by atoms with Crippen molar-refractivity contribution in [2.75, 3.05) is 11.9 Å². The van der Waals surface area contributed by atoms with Gasteiger partial charge in [-0.3, -0.25) is 4.79 Å². The Labute approximate surface area is 136 Å². The molecule has 1 amide bonds. The first-order valence-corrected chi connectivity index (χ1v) is 7.64. The Morgan fingerprint density at radius 2 is 1.87 bits per heavy atom. The van der Waals surface area contributed by atoms with Gasteiger partial charge in [0.1, 0.15) is 11.8 Å². The van der Waals surface area contributed by atoms with E-state index < -0.39 is 0 Å².